The van der Waals surface area contributed by atoms with Crippen LogP contribution in [-0.2, 0) is 5.41 Å². The molecule has 0 atom stereocenters. The van der Waals surface area contributed by atoms with Crippen LogP contribution in [0.5, 0.6) is 0 Å². The summed E-state index contributed by atoms with van der Waals surface area (Å²) in [6.07, 6.45) is 0. The molecule has 0 saturated heterocycles. The minimum absolute atomic E-state index is 0.0488. The van der Waals surface area contributed by atoms with E-state index in [1.54, 1.807) is 0 Å². The molecule has 0 amide bonds. The predicted molar refractivity (Wildman–Crippen MR) is 224 cm³/mol. The van der Waals surface area contributed by atoms with Gasteiger partial charge in [-0.1, -0.05) is 195 Å². The molecule has 2 heterocycles. The minimum Gasteiger partial charge on any atom is -0.0878 e. The average Bonchev–Trinajstić information content (AvgIpc) is 3.17. The third kappa shape index (κ3) is 5.75. The monoisotopic (exact) mass is 744 g/mol. The van der Waals surface area contributed by atoms with Gasteiger partial charge in [0, 0.05) is 39.2 Å². The SMILES string of the molecule is CC(C)(C)c1ccc([Si](c2ccccc2)(c2ccccc2)c2cccc3c2Sc2ccccc2S3)cc1-c1cccc2c1Sc1ccccc1S2. The van der Waals surface area contributed by atoms with E-state index in [-0.39, 0.29) is 5.41 Å². The van der Waals surface area contributed by atoms with Gasteiger partial charge in [0.25, 0.3) is 0 Å². The molecule has 51 heavy (non-hydrogen) atoms. The average molecular weight is 745 g/mol. The Bertz CT molecular complexity index is 2370. The Kier molecular flexibility index (Phi) is 8.61. The fourth-order valence-corrected chi connectivity index (χ4v) is 17.8. The van der Waals surface area contributed by atoms with Crippen molar-refractivity contribution in [2.75, 3.05) is 0 Å². The van der Waals surface area contributed by atoms with Crippen molar-refractivity contribution in [3.63, 3.8) is 0 Å². The first kappa shape index (κ1) is 33.0. The Balaban J connectivity index is 1.35. The van der Waals surface area contributed by atoms with Gasteiger partial charge in [0.05, 0.1) is 0 Å². The molecule has 5 heteroatoms. The van der Waals surface area contributed by atoms with Gasteiger partial charge in [0.1, 0.15) is 0 Å². The van der Waals surface area contributed by atoms with E-state index in [0.717, 1.165) is 0 Å². The summed E-state index contributed by atoms with van der Waals surface area (Å²) < 4.78 is 0. The van der Waals surface area contributed by atoms with E-state index in [1.165, 1.54) is 76.6 Å². The minimum atomic E-state index is -2.89. The van der Waals surface area contributed by atoms with Crippen molar-refractivity contribution >= 4 is 75.9 Å². The summed E-state index contributed by atoms with van der Waals surface area (Å²) in [7, 11) is -2.89. The number of benzene rings is 7. The number of rotatable bonds is 5. The highest BCUT2D eigenvalue weighted by Gasteiger charge is 2.44. The van der Waals surface area contributed by atoms with E-state index in [1.807, 2.05) is 47.0 Å². The lowest BCUT2D eigenvalue weighted by Crippen LogP contribution is -2.75. The molecule has 0 aliphatic carbocycles. The van der Waals surface area contributed by atoms with Gasteiger partial charge in [-0.3, -0.25) is 0 Å². The summed E-state index contributed by atoms with van der Waals surface area (Å²) in [5.74, 6) is 0. The van der Waals surface area contributed by atoms with Crippen molar-refractivity contribution < 1.29 is 0 Å². The zero-order chi connectivity index (χ0) is 34.6. The van der Waals surface area contributed by atoms with Crippen molar-refractivity contribution in [2.24, 2.45) is 0 Å². The van der Waals surface area contributed by atoms with Gasteiger partial charge in [-0.05, 0) is 79.3 Å². The molecular weight excluding hydrogens is 709 g/mol. The van der Waals surface area contributed by atoms with E-state index >= 15 is 0 Å². The van der Waals surface area contributed by atoms with Crippen LogP contribution in [0.15, 0.2) is 203 Å². The van der Waals surface area contributed by atoms with Crippen molar-refractivity contribution in [3.05, 3.63) is 169 Å². The summed E-state index contributed by atoms with van der Waals surface area (Å²) >= 11 is 7.68. The maximum Gasteiger partial charge on any atom is 0.180 e. The van der Waals surface area contributed by atoms with Crippen LogP contribution in [0.3, 0.4) is 0 Å². The van der Waals surface area contributed by atoms with Gasteiger partial charge in [0.15, 0.2) is 8.07 Å². The summed E-state index contributed by atoms with van der Waals surface area (Å²) in [6, 6.07) is 62.0. The molecule has 7 aromatic carbocycles. The van der Waals surface area contributed by atoms with Crippen LogP contribution in [-0.4, -0.2) is 8.07 Å². The lowest BCUT2D eigenvalue weighted by atomic mass is 9.82. The van der Waals surface area contributed by atoms with Crippen molar-refractivity contribution in [1.29, 1.82) is 0 Å². The Morgan fingerprint density at radius 3 is 1.41 bits per heavy atom. The van der Waals surface area contributed by atoms with Crippen LogP contribution < -0.4 is 20.7 Å². The molecule has 0 fully saturated rings. The molecule has 0 radical (unpaired) electrons. The second-order valence-corrected chi connectivity index (χ2v) is 22.1. The lowest BCUT2D eigenvalue weighted by Gasteiger charge is -2.38. The highest BCUT2D eigenvalue weighted by molar-refractivity contribution is 8.05. The Morgan fingerprint density at radius 2 is 0.843 bits per heavy atom. The molecule has 0 unspecified atom stereocenters. The Morgan fingerprint density at radius 1 is 0.373 bits per heavy atom. The zero-order valence-electron chi connectivity index (χ0n) is 28.7. The summed E-state index contributed by atoms with van der Waals surface area (Å²) in [5.41, 5.74) is 3.99. The molecule has 0 aromatic heterocycles. The molecule has 0 spiro atoms. The van der Waals surface area contributed by atoms with Gasteiger partial charge in [-0.2, -0.15) is 0 Å². The van der Waals surface area contributed by atoms with Gasteiger partial charge in [-0.15, -0.1) is 0 Å². The van der Waals surface area contributed by atoms with Gasteiger partial charge < -0.3 is 0 Å². The molecule has 0 N–H and O–H groups in total. The largest absolute Gasteiger partial charge is 0.180 e. The van der Waals surface area contributed by atoms with E-state index in [4.69, 9.17) is 0 Å². The van der Waals surface area contributed by atoms with Crippen LogP contribution in [0, 0.1) is 0 Å². The zero-order valence-corrected chi connectivity index (χ0v) is 33.0. The van der Waals surface area contributed by atoms with Crippen molar-refractivity contribution in [1.82, 2.24) is 0 Å². The van der Waals surface area contributed by atoms with Crippen LogP contribution in [0.25, 0.3) is 11.1 Å². The molecule has 248 valence electrons. The Labute approximate surface area is 319 Å². The molecule has 0 bridgehead atoms. The van der Waals surface area contributed by atoms with E-state index in [2.05, 4.69) is 185 Å². The third-order valence-electron chi connectivity index (χ3n) is 9.89. The first-order chi connectivity index (χ1) is 24.9. The van der Waals surface area contributed by atoms with E-state index < -0.39 is 8.07 Å². The van der Waals surface area contributed by atoms with Crippen LogP contribution in [0.2, 0.25) is 0 Å². The fourth-order valence-electron chi connectivity index (χ4n) is 7.60. The Hall–Kier alpha value is -3.84. The lowest BCUT2D eigenvalue weighted by molar-refractivity contribution is 0.592. The molecule has 7 aromatic rings. The van der Waals surface area contributed by atoms with E-state index in [0.29, 0.717) is 0 Å². The first-order valence-electron chi connectivity index (χ1n) is 17.3. The summed E-state index contributed by atoms with van der Waals surface area (Å²) in [5, 5.41) is 5.66. The molecule has 2 aliphatic rings. The maximum atomic E-state index is 2.60. The quantitative estimate of drug-likeness (QED) is 0.127. The van der Waals surface area contributed by atoms with Gasteiger partial charge in [-0.25, -0.2) is 0 Å². The fraction of sp³-hybridized carbons (Fsp3) is 0.0870. The van der Waals surface area contributed by atoms with E-state index in [9.17, 15) is 0 Å². The third-order valence-corrected chi connectivity index (χ3v) is 20.1. The first-order valence-corrected chi connectivity index (χ1v) is 22.6. The second-order valence-electron chi connectivity index (χ2n) is 14.1. The molecule has 0 saturated carbocycles. The maximum absolute atomic E-state index is 2.89. The van der Waals surface area contributed by atoms with Crippen LogP contribution in [0.1, 0.15) is 26.3 Å². The van der Waals surface area contributed by atoms with Gasteiger partial charge in [0.2, 0.25) is 0 Å². The highest BCUT2D eigenvalue weighted by atomic mass is 32.2. The molecular formula is C46H36S4Si. The highest BCUT2D eigenvalue weighted by Crippen LogP contribution is 2.53. The predicted octanol–water partition coefficient (Wildman–Crippen LogP) is 11.3. The van der Waals surface area contributed by atoms with Gasteiger partial charge >= 0.3 is 0 Å². The van der Waals surface area contributed by atoms with Crippen LogP contribution in [0.4, 0.5) is 0 Å². The van der Waals surface area contributed by atoms with Crippen LogP contribution >= 0.6 is 47.0 Å². The number of fused-ring (bicyclic) bond motifs is 4. The molecule has 2 aliphatic heterocycles. The standard InChI is InChI=1S/C46H36S4Si/c1-46(2,3)36-29-28-33(30-35(36)34-20-14-25-41-44(34)49-39-23-12-10-21-37(39)47-41)51(31-16-6-4-7-17-31,32-18-8-5-9-19-32)43-27-15-26-42-45(43)50-40-24-13-11-22-38(40)48-42/h4-30H,1-3H3. The summed E-state index contributed by atoms with van der Waals surface area (Å²) in [4.78, 5) is 10.8. The second kappa shape index (κ2) is 13.3. The topological polar surface area (TPSA) is 0 Å². The molecule has 9 rings (SSSR count). The number of hydrogen-bond donors (Lipinski definition) is 0. The molecule has 0 nitrogen and oxygen atoms in total. The number of hydrogen-bond acceptors (Lipinski definition) is 4. The summed E-state index contributed by atoms with van der Waals surface area (Å²) in [6.45, 7) is 7.07. The van der Waals surface area contributed by atoms with Crippen molar-refractivity contribution in [2.45, 2.75) is 65.4 Å². The van der Waals surface area contributed by atoms with Crippen molar-refractivity contribution in [3.8, 4) is 11.1 Å². The normalized spacial score (nSPS) is 13.5. The smallest absolute Gasteiger partial charge is 0.0878 e.